The van der Waals surface area contributed by atoms with E-state index in [4.69, 9.17) is 0 Å². The lowest BCUT2D eigenvalue weighted by Crippen LogP contribution is -2.15. The summed E-state index contributed by atoms with van der Waals surface area (Å²) in [7, 11) is -3.54. The first-order chi connectivity index (χ1) is 10.1. The highest BCUT2D eigenvalue weighted by Crippen LogP contribution is 2.22. The Labute approximate surface area is 130 Å². The average Bonchev–Trinajstić information content (AvgIpc) is 3.14. The second-order valence-corrected chi connectivity index (χ2v) is 8.30. The fourth-order valence-electron chi connectivity index (χ4n) is 1.85. The number of anilines is 1. The molecule has 0 aromatic carbocycles. The number of rotatable bonds is 5. The zero-order valence-corrected chi connectivity index (χ0v) is 13.6. The van der Waals surface area contributed by atoms with Gasteiger partial charge in [0.2, 0.25) is 0 Å². The Morgan fingerprint density at radius 1 is 1.24 bits per heavy atom. The number of sulfonamides is 1. The van der Waals surface area contributed by atoms with Crippen molar-refractivity contribution < 1.29 is 8.42 Å². The summed E-state index contributed by atoms with van der Waals surface area (Å²) >= 11 is 2.82. The van der Waals surface area contributed by atoms with Crippen LogP contribution in [0.4, 0.5) is 5.82 Å². The Morgan fingerprint density at radius 2 is 2.10 bits per heavy atom. The maximum Gasteiger partial charge on any atom is 0.272 e. The van der Waals surface area contributed by atoms with Crippen LogP contribution in [0.1, 0.15) is 10.4 Å². The van der Waals surface area contributed by atoms with Gasteiger partial charge in [0.25, 0.3) is 10.0 Å². The van der Waals surface area contributed by atoms with Crippen molar-refractivity contribution >= 4 is 38.5 Å². The van der Waals surface area contributed by atoms with E-state index in [9.17, 15) is 8.42 Å². The Bertz CT molecular complexity index is 832. The molecule has 0 spiro atoms. The minimum atomic E-state index is -3.54. The Balaban J connectivity index is 1.85. The minimum Gasteiger partial charge on any atom is -0.263 e. The molecule has 0 fully saturated rings. The fraction of sp³-hybridized carbons (Fsp3) is 0.154. The summed E-state index contributed by atoms with van der Waals surface area (Å²) in [5.41, 5.74) is 1.18. The molecule has 0 saturated carbocycles. The molecule has 3 heterocycles. The van der Waals surface area contributed by atoms with Gasteiger partial charge in [-0.1, -0.05) is 6.07 Å². The smallest absolute Gasteiger partial charge is 0.263 e. The van der Waals surface area contributed by atoms with E-state index in [0.717, 1.165) is 4.88 Å². The van der Waals surface area contributed by atoms with Crippen LogP contribution in [0.15, 0.2) is 45.4 Å². The number of nitrogens with one attached hydrogen (secondary N) is 1. The molecule has 110 valence electrons. The van der Waals surface area contributed by atoms with Crippen molar-refractivity contribution in [2.24, 2.45) is 0 Å². The predicted octanol–water partition coefficient (Wildman–Crippen LogP) is 3.16. The highest BCUT2D eigenvalue weighted by atomic mass is 32.2. The van der Waals surface area contributed by atoms with Crippen molar-refractivity contribution in [2.45, 2.75) is 17.7 Å². The van der Waals surface area contributed by atoms with Gasteiger partial charge in [0.1, 0.15) is 10.0 Å². The molecule has 0 aliphatic rings. The van der Waals surface area contributed by atoms with Gasteiger partial charge in [-0.3, -0.25) is 4.72 Å². The molecule has 0 aliphatic carbocycles. The molecule has 21 heavy (non-hydrogen) atoms. The summed E-state index contributed by atoms with van der Waals surface area (Å²) in [6, 6.07) is 7.00. The van der Waals surface area contributed by atoms with Crippen molar-refractivity contribution in [3.05, 3.63) is 51.7 Å². The van der Waals surface area contributed by atoms with Gasteiger partial charge in [-0.2, -0.15) is 5.10 Å². The zero-order chi connectivity index (χ0) is 14.9. The van der Waals surface area contributed by atoms with Crippen LogP contribution in [-0.2, 0) is 16.6 Å². The molecule has 1 N–H and O–H groups in total. The average molecular weight is 339 g/mol. The summed E-state index contributed by atoms with van der Waals surface area (Å²) in [6.07, 6.45) is 1.59. The van der Waals surface area contributed by atoms with Crippen molar-refractivity contribution in [1.29, 1.82) is 0 Å². The number of aryl methyl sites for hydroxylation is 1. The van der Waals surface area contributed by atoms with Gasteiger partial charge in [0.15, 0.2) is 0 Å². The molecule has 8 heteroatoms. The van der Waals surface area contributed by atoms with E-state index in [1.165, 1.54) is 16.9 Å². The number of hydrogen-bond acceptors (Lipinski definition) is 5. The third-order valence-electron chi connectivity index (χ3n) is 2.98. The first-order valence-corrected chi connectivity index (χ1v) is 9.41. The summed E-state index contributed by atoms with van der Waals surface area (Å²) < 4.78 is 29.0. The fourth-order valence-corrected chi connectivity index (χ4v) is 4.79. The molecule has 3 aromatic rings. The molecule has 3 rings (SSSR count). The number of hydrogen-bond donors (Lipinski definition) is 1. The summed E-state index contributed by atoms with van der Waals surface area (Å²) in [4.78, 5) is 1.16. The second kappa shape index (κ2) is 5.63. The Morgan fingerprint density at radius 3 is 2.76 bits per heavy atom. The first kappa shape index (κ1) is 14.3. The van der Waals surface area contributed by atoms with Crippen molar-refractivity contribution in [3.63, 3.8) is 0 Å². The topological polar surface area (TPSA) is 64.0 Å². The zero-order valence-electron chi connectivity index (χ0n) is 11.2. The van der Waals surface area contributed by atoms with Crippen LogP contribution in [0.5, 0.6) is 0 Å². The van der Waals surface area contributed by atoms with Crippen LogP contribution in [0.2, 0.25) is 0 Å². The normalized spacial score (nSPS) is 11.7. The van der Waals surface area contributed by atoms with Crippen molar-refractivity contribution in [2.75, 3.05) is 4.72 Å². The van der Waals surface area contributed by atoms with E-state index in [1.807, 2.05) is 18.4 Å². The van der Waals surface area contributed by atoms with Crippen molar-refractivity contribution in [3.8, 4) is 0 Å². The molecule has 0 radical (unpaired) electrons. The molecule has 0 amide bonds. The number of aromatic nitrogens is 2. The summed E-state index contributed by atoms with van der Waals surface area (Å²) in [5.74, 6) is 0.469. The molecular weight excluding hydrogens is 326 g/mol. The standard InChI is InChI=1S/C13H13N3O2S3/c1-10-5-8-19-11(10)9-16-12(4-6-14-16)15-21(17,18)13-3-2-7-20-13/h2-8,15H,9H2,1H3. The third kappa shape index (κ3) is 3.02. The molecule has 0 saturated heterocycles. The van der Waals surface area contributed by atoms with Crippen LogP contribution < -0.4 is 4.72 Å². The summed E-state index contributed by atoms with van der Waals surface area (Å²) in [6.45, 7) is 2.59. The van der Waals surface area contributed by atoms with Gasteiger partial charge in [-0.25, -0.2) is 13.1 Å². The molecule has 0 bridgehead atoms. The second-order valence-electron chi connectivity index (χ2n) is 4.44. The lowest BCUT2D eigenvalue weighted by Gasteiger charge is -2.09. The molecule has 0 unspecified atom stereocenters. The maximum atomic E-state index is 12.2. The van der Waals surface area contributed by atoms with Gasteiger partial charge in [0.05, 0.1) is 12.7 Å². The van der Waals surface area contributed by atoms with E-state index in [1.54, 1.807) is 45.8 Å². The van der Waals surface area contributed by atoms with Crippen LogP contribution in [0.3, 0.4) is 0 Å². The van der Waals surface area contributed by atoms with E-state index < -0.39 is 10.0 Å². The Hall–Kier alpha value is -1.64. The summed E-state index contributed by atoms with van der Waals surface area (Å²) in [5, 5.41) is 7.95. The SMILES string of the molecule is Cc1ccsc1Cn1nccc1NS(=O)(=O)c1cccs1. The van der Waals surface area contributed by atoms with E-state index >= 15 is 0 Å². The number of thiophene rings is 2. The lowest BCUT2D eigenvalue weighted by molar-refractivity contribution is 0.601. The van der Waals surface area contributed by atoms with E-state index in [2.05, 4.69) is 9.82 Å². The molecule has 0 aliphatic heterocycles. The third-order valence-corrected chi connectivity index (χ3v) is 6.74. The van der Waals surface area contributed by atoms with Crippen LogP contribution in [-0.4, -0.2) is 18.2 Å². The van der Waals surface area contributed by atoms with Gasteiger partial charge in [-0.15, -0.1) is 22.7 Å². The monoisotopic (exact) mass is 339 g/mol. The molecule has 3 aromatic heterocycles. The molecule has 0 atom stereocenters. The molecular formula is C13H13N3O2S3. The highest BCUT2D eigenvalue weighted by molar-refractivity contribution is 7.94. The quantitative estimate of drug-likeness (QED) is 0.776. The first-order valence-electron chi connectivity index (χ1n) is 6.17. The predicted molar refractivity (Wildman–Crippen MR) is 85.5 cm³/mol. The van der Waals surface area contributed by atoms with Crippen LogP contribution in [0.25, 0.3) is 0 Å². The molecule has 5 nitrogen and oxygen atoms in total. The highest BCUT2D eigenvalue weighted by Gasteiger charge is 2.17. The minimum absolute atomic E-state index is 0.294. The van der Waals surface area contributed by atoms with Gasteiger partial charge < -0.3 is 0 Å². The van der Waals surface area contributed by atoms with Gasteiger partial charge in [0, 0.05) is 10.9 Å². The maximum absolute atomic E-state index is 12.2. The van der Waals surface area contributed by atoms with Gasteiger partial charge >= 0.3 is 0 Å². The Kier molecular flexibility index (Phi) is 3.83. The van der Waals surface area contributed by atoms with Crippen LogP contribution >= 0.6 is 22.7 Å². The van der Waals surface area contributed by atoms with E-state index in [0.29, 0.717) is 16.6 Å². The van der Waals surface area contributed by atoms with Gasteiger partial charge in [-0.05, 0) is 35.4 Å². The van der Waals surface area contributed by atoms with E-state index in [-0.39, 0.29) is 0 Å². The lowest BCUT2D eigenvalue weighted by atomic mass is 10.3. The van der Waals surface area contributed by atoms with Crippen LogP contribution in [0, 0.1) is 6.92 Å². The largest absolute Gasteiger partial charge is 0.272 e. The van der Waals surface area contributed by atoms with Crippen molar-refractivity contribution in [1.82, 2.24) is 9.78 Å². The number of nitrogens with zero attached hydrogens (tertiary/aromatic N) is 2.